The molecule has 1 N–H and O–H groups in total. The van der Waals surface area contributed by atoms with Crippen molar-refractivity contribution in [3.8, 4) is 5.75 Å². The number of likely N-dealkylation sites (N-methyl/N-ethyl adjacent to an activating group) is 1. The van der Waals surface area contributed by atoms with Gasteiger partial charge in [0, 0.05) is 12.7 Å². The molecule has 0 radical (unpaired) electrons. The lowest BCUT2D eigenvalue weighted by molar-refractivity contribution is -0.0120. The first-order chi connectivity index (χ1) is 8.95. The predicted octanol–water partition coefficient (Wildman–Crippen LogP) is 3.41. The molecule has 0 aromatic heterocycles. The van der Waals surface area contributed by atoms with Gasteiger partial charge in [0.15, 0.2) is 0 Å². The third kappa shape index (κ3) is 3.95. The molecule has 0 aliphatic heterocycles. The zero-order valence-corrected chi connectivity index (χ0v) is 13.0. The summed E-state index contributed by atoms with van der Waals surface area (Å²) in [6, 6.07) is 8.24. The Morgan fingerprint density at radius 3 is 2.26 bits per heavy atom. The second kappa shape index (κ2) is 6.92. The number of ether oxygens (including phenoxy) is 2. The predicted molar refractivity (Wildman–Crippen MR) is 79.7 cm³/mol. The molecule has 0 saturated carbocycles. The van der Waals surface area contributed by atoms with E-state index in [0.29, 0.717) is 0 Å². The van der Waals surface area contributed by atoms with Crippen molar-refractivity contribution in [2.75, 3.05) is 20.8 Å². The van der Waals surface area contributed by atoms with Gasteiger partial charge in [0.2, 0.25) is 0 Å². The molecule has 1 rings (SSSR count). The minimum absolute atomic E-state index is 0.0441. The summed E-state index contributed by atoms with van der Waals surface area (Å²) >= 11 is 0. The van der Waals surface area contributed by atoms with E-state index in [9.17, 15) is 0 Å². The van der Waals surface area contributed by atoms with Gasteiger partial charge in [-0.1, -0.05) is 45.9 Å². The maximum absolute atomic E-state index is 5.77. The van der Waals surface area contributed by atoms with E-state index in [-0.39, 0.29) is 17.6 Å². The van der Waals surface area contributed by atoms with Crippen LogP contribution in [0.5, 0.6) is 5.75 Å². The molecule has 1 aromatic rings. The monoisotopic (exact) mass is 265 g/mol. The first-order valence-electron chi connectivity index (χ1n) is 6.84. The third-order valence-electron chi connectivity index (χ3n) is 3.31. The maximum atomic E-state index is 5.77. The van der Waals surface area contributed by atoms with E-state index in [4.69, 9.17) is 9.47 Å². The molecule has 0 saturated heterocycles. The highest BCUT2D eigenvalue weighted by atomic mass is 16.5. The Morgan fingerprint density at radius 2 is 1.79 bits per heavy atom. The van der Waals surface area contributed by atoms with Crippen molar-refractivity contribution in [1.82, 2.24) is 5.32 Å². The summed E-state index contributed by atoms with van der Waals surface area (Å²) in [5.41, 5.74) is 1.19. The van der Waals surface area contributed by atoms with Crippen LogP contribution in [0, 0.1) is 5.41 Å². The molecule has 0 spiro atoms. The average molecular weight is 265 g/mol. The smallest absolute Gasteiger partial charge is 0.123 e. The molecule has 19 heavy (non-hydrogen) atoms. The second-order valence-corrected chi connectivity index (χ2v) is 5.80. The third-order valence-corrected chi connectivity index (χ3v) is 3.31. The molecular weight excluding hydrogens is 238 g/mol. The summed E-state index contributed by atoms with van der Waals surface area (Å²) in [5, 5.41) is 3.53. The number of para-hydroxylation sites is 1. The summed E-state index contributed by atoms with van der Waals surface area (Å²) in [5.74, 6) is 0.903. The van der Waals surface area contributed by atoms with Crippen molar-refractivity contribution >= 4 is 0 Å². The van der Waals surface area contributed by atoms with E-state index in [1.165, 1.54) is 0 Å². The lowest BCUT2D eigenvalue weighted by atomic mass is 9.81. The van der Waals surface area contributed by atoms with Crippen molar-refractivity contribution in [2.45, 2.75) is 39.8 Å². The van der Waals surface area contributed by atoms with Gasteiger partial charge in [-0.2, -0.15) is 0 Å². The zero-order chi connectivity index (χ0) is 14.5. The maximum Gasteiger partial charge on any atom is 0.123 e. The van der Waals surface area contributed by atoms with Crippen molar-refractivity contribution < 1.29 is 9.47 Å². The molecule has 0 heterocycles. The van der Waals surface area contributed by atoms with Crippen molar-refractivity contribution in [3.05, 3.63) is 29.8 Å². The van der Waals surface area contributed by atoms with Crippen LogP contribution in [0.15, 0.2) is 24.3 Å². The molecule has 2 unspecified atom stereocenters. The minimum Gasteiger partial charge on any atom is -0.496 e. The summed E-state index contributed by atoms with van der Waals surface area (Å²) < 4.78 is 11.2. The molecule has 0 bridgehead atoms. The first kappa shape index (κ1) is 16.0. The van der Waals surface area contributed by atoms with Gasteiger partial charge in [-0.05, 0) is 18.0 Å². The Kier molecular flexibility index (Phi) is 5.83. The van der Waals surface area contributed by atoms with Crippen LogP contribution in [0.3, 0.4) is 0 Å². The van der Waals surface area contributed by atoms with E-state index in [1.54, 1.807) is 14.2 Å². The van der Waals surface area contributed by atoms with Crippen LogP contribution >= 0.6 is 0 Å². The lowest BCUT2D eigenvalue weighted by Crippen LogP contribution is -2.41. The fourth-order valence-corrected chi connectivity index (χ4v) is 2.51. The molecule has 1 aromatic carbocycles. The van der Waals surface area contributed by atoms with Crippen LogP contribution in [0.4, 0.5) is 0 Å². The molecule has 108 valence electrons. The number of benzene rings is 1. The molecule has 3 heteroatoms. The van der Waals surface area contributed by atoms with E-state index in [1.807, 2.05) is 18.2 Å². The van der Waals surface area contributed by atoms with Gasteiger partial charge in [0.1, 0.15) is 5.75 Å². The van der Waals surface area contributed by atoms with Crippen molar-refractivity contribution in [3.63, 3.8) is 0 Å². The average Bonchev–Trinajstić information content (AvgIpc) is 2.37. The van der Waals surface area contributed by atoms with Gasteiger partial charge in [-0.25, -0.2) is 0 Å². The van der Waals surface area contributed by atoms with Crippen LogP contribution in [0.25, 0.3) is 0 Å². The summed E-state index contributed by atoms with van der Waals surface area (Å²) in [7, 11) is 3.48. The highest BCUT2D eigenvalue weighted by Gasteiger charge is 2.34. The molecule has 0 aliphatic rings. The van der Waals surface area contributed by atoms with Crippen molar-refractivity contribution in [1.29, 1.82) is 0 Å². The van der Waals surface area contributed by atoms with Crippen LogP contribution in [-0.4, -0.2) is 26.9 Å². The van der Waals surface area contributed by atoms with Gasteiger partial charge in [0.05, 0.1) is 19.3 Å². The fourth-order valence-electron chi connectivity index (χ4n) is 2.51. The van der Waals surface area contributed by atoms with Crippen LogP contribution in [0.2, 0.25) is 0 Å². The lowest BCUT2D eigenvalue weighted by Gasteiger charge is -2.37. The van der Waals surface area contributed by atoms with Gasteiger partial charge >= 0.3 is 0 Å². The second-order valence-electron chi connectivity index (χ2n) is 5.80. The van der Waals surface area contributed by atoms with E-state index >= 15 is 0 Å². The fraction of sp³-hybridized carbons (Fsp3) is 0.625. The Balaban J connectivity index is 3.18. The first-order valence-corrected chi connectivity index (χ1v) is 6.84. The summed E-state index contributed by atoms with van der Waals surface area (Å²) in [4.78, 5) is 0. The van der Waals surface area contributed by atoms with Crippen LogP contribution in [-0.2, 0) is 4.74 Å². The zero-order valence-electron chi connectivity index (χ0n) is 13.0. The van der Waals surface area contributed by atoms with E-state index in [0.717, 1.165) is 17.9 Å². The number of methoxy groups -OCH3 is 2. The highest BCUT2D eigenvalue weighted by molar-refractivity contribution is 5.36. The Bertz CT molecular complexity index is 385. The van der Waals surface area contributed by atoms with E-state index < -0.39 is 0 Å². The summed E-state index contributed by atoms with van der Waals surface area (Å²) in [6.07, 6.45) is 0.0729. The van der Waals surface area contributed by atoms with E-state index in [2.05, 4.69) is 39.1 Å². The van der Waals surface area contributed by atoms with Crippen molar-refractivity contribution in [2.24, 2.45) is 5.41 Å². The largest absolute Gasteiger partial charge is 0.496 e. The van der Waals surface area contributed by atoms with Gasteiger partial charge in [-0.3, -0.25) is 0 Å². The minimum atomic E-state index is 0.0441. The SMILES string of the molecule is CCNC(c1ccccc1OC)C(OC)C(C)(C)C. The topological polar surface area (TPSA) is 30.5 Å². The quantitative estimate of drug-likeness (QED) is 0.855. The van der Waals surface area contributed by atoms with Gasteiger partial charge in [0.25, 0.3) is 0 Å². The number of rotatable bonds is 6. The molecule has 0 amide bonds. The van der Waals surface area contributed by atoms with Gasteiger partial charge in [-0.15, -0.1) is 0 Å². The highest BCUT2D eigenvalue weighted by Crippen LogP contribution is 2.36. The Hall–Kier alpha value is -1.06. The Morgan fingerprint density at radius 1 is 1.16 bits per heavy atom. The number of hydrogen-bond donors (Lipinski definition) is 1. The molecule has 0 aliphatic carbocycles. The van der Waals surface area contributed by atoms with Crippen LogP contribution in [0.1, 0.15) is 39.3 Å². The number of hydrogen-bond acceptors (Lipinski definition) is 3. The molecular formula is C16H27NO2. The Labute approximate surface area is 117 Å². The standard InChI is InChI=1S/C16H27NO2/c1-7-17-14(15(19-6)16(2,3)4)12-10-8-9-11-13(12)18-5/h8-11,14-15,17H,7H2,1-6H3. The normalized spacial score (nSPS) is 15.1. The number of nitrogens with one attached hydrogen (secondary N) is 1. The summed E-state index contributed by atoms with van der Waals surface area (Å²) in [6.45, 7) is 9.58. The van der Waals surface area contributed by atoms with Crippen LogP contribution < -0.4 is 10.1 Å². The molecule has 2 atom stereocenters. The molecule has 3 nitrogen and oxygen atoms in total. The van der Waals surface area contributed by atoms with Gasteiger partial charge < -0.3 is 14.8 Å². The molecule has 0 fully saturated rings.